The largest absolute Gasteiger partial charge is 0.415 e. The van der Waals surface area contributed by atoms with Crippen molar-refractivity contribution >= 4 is 40.8 Å². The van der Waals surface area contributed by atoms with E-state index in [1.165, 1.54) is 56.5 Å². The molecule has 2 aliphatic heterocycles. The number of piperidine rings is 1. The summed E-state index contributed by atoms with van der Waals surface area (Å²) in [5.41, 5.74) is 0. The summed E-state index contributed by atoms with van der Waals surface area (Å²) in [6.07, 6.45) is 11.8. The molecule has 0 unspecified atom stereocenters. The van der Waals surface area contributed by atoms with Crippen molar-refractivity contribution < 1.29 is 19.1 Å². The summed E-state index contributed by atoms with van der Waals surface area (Å²) in [6.45, 7) is 4.38. The molecule has 45 heavy (non-hydrogen) atoms. The van der Waals surface area contributed by atoms with Gasteiger partial charge in [0, 0.05) is 24.0 Å². The van der Waals surface area contributed by atoms with Crippen molar-refractivity contribution in [2.24, 2.45) is 0 Å². The lowest BCUT2D eigenvalue weighted by Crippen LogP contribution is -2.64. The zero-order chi connectivity index (χ0) is 31.4. The number of likely N-dealkylation sites (tertiary alicyclic amines) is 1. The summed E-state index contributed by atoms with van der Waals surface area (Å²) in [5.74, 6) is -0.0508. The first kappa shape index (κ1) is 33.7. The van der Waals surface area contributed by atoms with E-state index in [0.29, 0.717) is 17.6 Å². The van der Waals surface area contributed by atoms with E-state index in [4.69, 9.17) is 16.3 Å². The quantitative estimate of drug-likeness (QED) is 0.286. The lowest BCUT2D eigenvalue weighted by atomic mass is 9.94. The van der Waals surface area contributed by atoms with Crippen LogP contribution in [-0.2, 0) is 16.1 Å². The molecule has 11 heteroatoms. The van der Waals surface area contributed by atoms with E-state index in [2.05, 4.69) is 15.5 Å². The number of rotatable bonds is 12. The Morgan fingerprint density at radius 1 is 0.933 bits per heavy atom. The topological polar surface area (TPSA) is 94.2 Å². The van der Waals surface area contributed by atoms with Gasteiger partial charge in [-0.1, -0.05) is 61.9 Å². The maximum Gasteiger partial charge on any atom is 0.415 e. The third-order valence-electron chi connectivity index (χ3n) is 9.28. The van der Waals surface area contributed by atoms with Crippen LogP contribution in [0.5, 0.6) is 5.75 Å². The van der Waals surface area contributed by atoms with Gasteiger partial charge in [-0.3, -0.25) is 9.59 Å². The summed E-state index contributed by atoms with van der Waals surface area (Å²) in [4.78, 5) is 48.0. The first-order valence-corrected chi connectivity index (χ1v) is 18.0. The van der Waals surface area contributed by atoms with Gasteiger partial charge >= 0.3 is 6.09 Å². The molecule has 0 bridgehead atoms. The Hall–Kier alpha value is -2.66. The van der Waals surface area contributed by atoms with Gasteiger partial charge in [0.25, 0.3) is 0 Å². The highest BCUT2D eigenvalue weighted by Crippen LogP contribution is 2.25. The number of amides is 3. The highest BCUT2D eigenvalue weighted by Gasteiger charge is 2.40. The zero-order valence-corrected chi connectivity index (χ0v) is 27.8. The van der Waals surface area contributed by atoms with E-state index >= 15 is 0 Å². The molecule has 3 heterocycles. The molecule has 1 aromatic heterocycles. The van der Waals surface area contributed by atoms with Crippen LogP contribution >= 0.6 is 22.9 Å². The smallest absolute Gasteiger partial charge is 0.409 e. The van der Waals surface area contributed by atoms with Gasteiger partial charge in [-0.15, -0.1) is 11.3 Å². The monoisotopic (exact) mass is 657 g/mol. The summed E-state index contributed by atoms with van der Waals surface area (Å²) >= 11 is 7.80. The first-order chi connectivity index (χ1) is 22.0. The van der Waals surface area contributed by atoms with Crippen LogP contribution in [0.25, 0.3) is 0 Å². The SMILES string of the molecule is O=C(NCc1cccs1)[C@@H]1CN(C(=O)Oc2ccccc2Cl)CCN1C(=O)[C@@H](CCCCN1CCCCC1)NC1CCCCC1. The maximum atomic E-state index is 14.4. The molecule has 2 atom stereocenters. The molecule has 0 radical (unpaired) electrons. The van der Waals surface area contributed by atoms with Crippen LogP contribution in [0.2, 0.25) is 5.02 Å². The van der Waals surface area contributed by atoms with E-state index in [9.17, 15) is 14.4 Å². The minimum Gasteiger partial charge on any atom is -0.409 e. The highest BCUT2D eigenvalue weighted by atomic mass is 35.5. The molecule has 0 spiro atoms. The molecule has 246 valence electrons. The number of piperazine rings is 1. The van der Waals surface area contributed by atoms with Crippen molar-refractivity contribution in [1.29, 1.82) is 0 Å². The molecule has 2 saturated heterocycles. The average molecular weight is 658 g/mol. The molecule has 9 nitrogen and oxygen atoms in total. The predicted octanol–water partition coefficient (Wildman–Crippen LogP) is 5.68. The first-order valence-electron chi connectivity index (χ1n) is 16.8. The van der Waals surface area contributed by atoms with Gasteiger partial charge in [-0.05, 0) is 81.7 Å². The number of nitrogens with one attached hydrogen (secondary N) is 2. The number of carbonyl (C=O) groups is 3. The fourth-order valence-electron chi connectivity index (χ4n) is 6.73. The van der Waals surface area contributed by atoms with E-state index in [-0.39, 0.29) is 43.2 Å². The van der Waals surface area contributed by atoms with Crippen LogP contribution < -0.4 is 15.4 Å². The van der Waals surface area contributed by atoms with Crippen LogP contribution in [0.15, 0.2) is 41.8 Å². The van der Waals surface area contributed by atoms with Gasteiger partial charge in [0.05, 0.1) is 24.2 Å². The second-order valence-corrected chi connectivity index (χ2v) is 14.0. The predicted molar refractivity (Wildman–Crippen MR) is 179 cm³/mol. The molecular weight excluding hydrogens is 610 g/mol. The summed E-state index contributed by atoms with van der Waals surface area (Å²) in [5, 5.41) is 9.05. The molecule has 1 saturated carbocycles. The Morgan fingerprint density at radius 2 is 1.71 bits per heavy atom. The number of benzene rings is 1. The van der Waals surface area contributed by atoms with Crippen LogP contribution in [0, 0.1) is 0 Å². The van der Waals surface area contributed by atoms with E-state index in [0.717, 1.165) is 43.5 Å². The molecule has 2 N–H and O–H groups in total. The molecular formula is C34H48ClN5O4S. The number of para-hydroxylation sites is 1. The van der Waals surface area contributed by atoms with Crippen molar-refractivity contribution in [3.05, 3.63) is 51.7 Å². The number of halogens is 1. The Bertz CT molecular complexity index is 1230. The standard InChI is InChI=1S/C34H48ClN5O4S/c35-28-15-5-6-17-31(28)44-34(43)39-21-22-40(30(25-39)32(41)36-24-27-14-11-23-45-27)33(42)29(37-26-12-3-1-4-13-26)16-7-10-20-38-18-8-2-9-19-38/h5-6,11,14-15,17,23,26,29-30,37H,1-4,7-10,12-13,16,18-22,24-25H2,(H,36,41)/t29-,30+/m1/s1. The molecule has 1 aromatic carbocycles. The Morgan fingerprint density at radius 3 is 2.47 bits per heavy atom. The minimum absolute atomic E-state index is 0.0473. The van der Waals surface area contributed by atoms with Gasteiger partial charge in [-0.2, -0.15) is 0 Å². The average Bonchev–Trinajstić information content (AvgIpc) is 3.60. The van der Waals surface area contributed by atoms with Crippen LogP contribution in [0.1, 0.15) is 75.5 Å². The van der Waals surface area contributed by atoms with Crippen LogP contribution in [0.4, 0.5) is 4.79 Å². The van der Waals surface area contributed by atoms with Crippen LogP contribution in [0.3, 0.4) is 0 Å². The van der Waals surface area contributed by atoms with Gasteiger partial charge < -0.3 is 30.1 Å². The van der Waals surface area contributed by atoms with E-state index in [1.807, 2.05) is 17.5 Å². The fourth-order valence-corrected chi connectivity index (χ4v) is 7.55. The number of nitrogens with zero attached hydrogens (tertiary/aromatic N) is 3. The summed E-state index contributed by atoms with van der Waals surface area (Å²) < 4.78 is 5.60. The normalized spacial score (nSPS) is 20.5. The number of hydrogen-bond acceptors (Lipinski definition) is 7. The number of ether oxygens (including phenoxy) is 1. The van der Waals surface area contributed by atoms with Crippen molar-refractivity contribution in [2.45, 2.75) is 95.3 Å². The molecule has 3 amide bonds. The Balaban J connectivity index is 1.27. The zero-order valence-electron chi connectivity index (χ0n) is 26.3. The van der Waals surface area contributed by atoms with Crippen molar-refractivity contribution in [1.82, 2.24) is 25.3 Å². The van der Waals surface area contributed by atoms with Crippen molar-refractivity contribution in [3.8, 4) is 5.75 Å². The Labute approximate surface area is 276 Å². The molecule has 2 aromatic rings. The molecule has 3 fully saturated rings. The van der Waals surface area contributed by atoms with E-state index in [1.54, 1.807) is 40.5 Å². The summed E-state index contributed by atoms with van der Waals surface area (Å²) in [7, 11) is 0. The third-order valence-corrected chi connectivity index (χ3v) is 10.5. The fraction of sp³-hybridized carbons (Fsp3) is 0.618. The van der Waals surface area contributed by atoms with Crippen LogP contribution in [-0.4, -0.2) is 90.0 Å². The maximum absolute atomic E-state index is 14.4. The van der Waals surface area contributed by atoms with Gasteiger partial charge in [0.1, 0.15) is 6.04 Å². The number of carbonyl (C=O) groups excluding carboxylic acids is 3. The molecule has 5 rings (SSSR count). The second kappa shape index (κ2) is 17.3. The van der Waals surface area contributed by atoms with E-state index < -0.39 is 12.1 Å². The minimum atomic E-state index is -0.825. The van der Waals surface area contributed by atoms with Gasteiger partial charge in [0.15, 0.2) is 5.75 Å². The lowest BCUT2D eigenvalue weighted by Gasteiger charge is -2.42. The summed E-state index contributed by atoms with van der Waals surface area (Å²) in [6, 6.07) is 9.86. The number of unbranched alkanes of at least 4 members (excludes halogenated alkanes) is 1. The lowest BCUT2D eigenvalue weighted by molar-refractivity contribution is -0.145. The molecule has 1 aliphatic carbocycles. The molecule has 3 aliphatic rings. The number of thiophene rings is 1. The number of hydrogen-bond donors (Lipinski definition) is 2. The van der Waals surface area contributed by atoms with Crippen molar-refractivity contribution in [2.75, 3.05) is 39.3 Å². The van der Waals surface area contributed by atoms with Gasteiger partial charge in [0.2, 0.25) is 11.8 Å². The van der Waals surface area contributed by atoms with Gasteiger partial charge in [-0.25, -0.2) is 4.79 Å². The van der Waals surface area contributed by atoms with Crippen molar-refractivity contribution in [3.63, 3.8) is 0 Å². The third kappa shape index (κ3) is 9.91. The Kier molecular flexibility index (Phi) is 13.0. The second-order valence-electron chi connectivity index (χ2n) is 12.5. The highest BCUT2D eigenvalue weighted by molar-refractivity contribution is 7.09.